The van der Waals surface area contributed by atoms with Crippen molar-refractivity contribution in [1.82, 2.24) is 5.32 Å². The van der Waals surface area contributed by atoms with Gasteiger partial charge in [0, 0.05) is 12.1 Å². The van der Waals surface area contributed by atoms with Crippen LogP contribution < -0.4 is 5.32 Å². The quantitative estimate of drug-likeness (QED) is 0.420. The number of nitrogens with one attached hydrogen (secondary N) is 1. The van der Waals surface area contributed by atoms with Crippen LogP contribution in [-0.2, 0) is 34.3 Å². The molecule has 1 aliphatic rings. The van der Waals surface area contributed by atoms with Gasteiger partial charge in [-0.1, -0.05) is 0 Å². The molecule has 1 unspecified atom stereocenters. The van der Waals surface area contributed by atoms with Gasteiger partial charge in [-0.3, -0.25) is 14.9 Å². The molecule has 11 nitrogen and oxygen atoms in total. The van der Waals surface area contributed by atoms with Gasteiger partial charge in [0.2, 0.25) is 5.91 Å². The second kappa shape index (κ2) is 7.77. The highest BCUT2D eigenvalue weighted by atomic mass is 32.2. The third-order valence-corrected chi connectivity index (χ3v) is 8.91. The van der Waals surface area contributed by atoms with E-state index in [0.29, 0.717) is 6.07 Å². The van der Waals surface area contributed by atoms with Gasteiger partial charge in [0.1, 0.15) is 10.6 Å². The molecule has 1 N–H and O–H groups in total. The van der Waals surface area contributed by atoms with Crippen LogP contribution in [0, 0.1) is 10.1 Å². The van der Waals surface area contributed by atoms with Crippen LogP contribution in [0.4, 0.5) is 18.9 Å². The molecule has 1 aliphatic heterocycles. The van der Waals surface area contributed by atoms with Crippen molar-refractivity contribution in [2.45, 2.75) is 27.8 Å². The Hall–Kier alpha value is -2.27. The lowest BCUT2D eigenvalue weighted by Crippen LogP contribution is -2.39. The molecule has 2 rings (SSSR count). The number of carbonyl (C=O) groups is 1. The van der Waals surface area contributed by atoms with E-state index in [-0.39, 0.29) is 24.3 Å². The molecule has 0 radical (unpaired) electrons. The average molecular weight is 494 g/mol. The molecule has 0 aliphatic carbocycles. The lowest BCUT2D eigenvalue weighted by Gasteiger charge is -2.12. The standard InChI is InChI=1S/C13H13F3N2O9S3/c14-13(15,16)30(26,27)9-1-2-11(10(5-9)18(20)21)29(24,25)7-12(19)17-8-3-4-28(22,23)6-8/h1-2,5,8H,3-4,6-7H2,(H,17,19). The minimum Gasteiger partial charge on any atom is -0.351 e. The Labute approximate surface area is 168 Å². The van der Waals surface area contributed by atoms with E-state index < -0.39 is 78.9 Å². The number of hydrogen-bond acceptors (Lipinski definition) is 9. The topological polar surface area (TPSA) is 175 Å². The SMILES string of the molecule is O=C(CS(=O)(=O)c1ccc(S(=O)(=O)C(F)(F)F)cc1[N+](=O)[O-])NC1CCS(=O)(=O)C1. The molecule has 30 heavy (non-hydrogen) atoms. The zero-order chi connectivity index (χ0) is 23.1. The van der Waals surface area contributed by atoms with E-state index in [9.17, 15) is 53.3 Å². The highest BCUT2D eigenvalue weighted by Gasteiger charge is 2.48. The molecule has 0 aromatic heterocycles. The summed E-state index contributed by atoms with van der Waals surface area (Å²) in [6.07, 6.45) is 0.0399. The number of halogens is 3. The number of rotatable bonds is 6. The van der Waals surface area contributed by atoms with Gasteiger partial charge in [-0.05, 0) is 18.6 Å². The highest BCUT2D eigenvalue weighted by molar-refractivity contribution is 7.93. The summed E-state index contributed by atoms with van der Waals surface area (Å²) < 4.78 is 108. The molecule has 1 heterocycles. The van der Waals surface area contributed by atoms with Crippen LogP contribution >= 0.6 is 0 Å². The largest absolute Gasteiger partial charge is 0.501 e. The predicted octanol–water partition coefficient (Wildman–Crippen LogP) is -0.0347. The monoisotopic (exact) mass is 494 g/mol. The third kappa shape index (κ3) is 5.07. The third-order valence-electron chi connectivity index (χ3n) is 4.00. The van der Waals surface area contributed by atoms with Gasteiger partial charge >= 0.3 is 5.51 Å². The van der Waals surface area contributed by atoms with E-state index in [2.05, 4.69) is 5.32 Å². The lowest BCUT2D eigenvalue weighted by molar-refractivity contribution is -0.388. The molecule has 0 saturated carbocycles. The Kier molecular flexibility index (Phi) is 6.22. The second-order valence-electron chi connectivity index (χ2n) is 6.26. The van der Waals surface area contributed by atoms with Gasteiger partial charge in [-0.15, -0.1) is 0 Å². The summed E-state index contributed by atoms with van der Waals surface area (Å²) in [4.78, 5) is 19.0. The Morgan fingerprint density at radius 3 is 2.30 bits per heavy atom. The van der Waals surface area contributed by atoms with Crippen molar-refractivity contribution in [1.29, 1.82) is 0 Å². The fourth-order valence-corrected chi connectivity index (χ4v) is 6.40. The number of hydrogen-bond donors (Lipinski definition) is 1. The van der Waals surface area contributed by atoms with E-state index in [4.69, 9.17) is 0 Å². The van der Waals surface area contributed by atoms with E-state index in [1.54, 1.807) is 0 Å². The van der Waals surface area contributed by atoms with Gasteiger partial charge in [-0.2, -0.15) is 13.2 Å². The predicted molar refractivity (Wildman–Crippen MR) is 93.6 cm³/mol. The van der Waals surface area contributed by atoms with Crippen molar-refractivity contribution in [3.8, 4) is 0 Å². The van der Waals surface area contributed by atoms with Crippen LogP contribution in [0.15, 0.2) is 28.0 Å². The minimum absolute atomic E-state index is 0.0399. The maximum atomic E-state index is 12.6. The van der Waals surface area contributed by atoms with Gasteiger partial charge in [0.05, 0.1) is 21.3 Å². The first-order valence-corrected chi connectivity index (χ1v) is 12.7. The molecule has 1 amide bonds. The van der Waals surface area contributed by atoms with Crippen LogP contribution in [0.1, 0.15) is 6.42 Å². The summed E-state index contributed by atoms with van der Waals surface area (Å²) in [7, 11) is -14.2. The first-order chi connectivity index (χ1) is 13.5. The van der Waals surface area contributed by atoms with Gasteiger partial charge in [0.15, 0.2) is 19.7 Å². The Balaban J connectivity index is 2.35. The number of amides is 1. The molecule has 1 atom stereocenters. The number of benzene rings is 1. The summed E-state index contributed by atoms with van der Waals surface area (Å²) in [6, 6.07) is -0.396. The minimum atomic E-state index is -5.98. The number of sulfone groups is 3. The molecule has 0 spiro atoms. The molecule has 1 aromatic carbocycles. The Morgan fingerprint density at radius 2 is 1.83 bits per heavy atom. The smallest absolute Gasteiger partial charge is 0.351 e. The normalized spacial score (nSPS) is 19.4. The van der Waals surface area contributed by atoms with Crippen LogP contribution in [0.2, 0.25) is 0 Å². The van der Waals surface area contributed by atoms with E-state index >= 15 is 0 Å². The number of nitro groups is 1. The van der Waals surface area contributed by atoms with Crippen molar-refractivity contribution < 1.29 is 48.1 Å². The second-order valence-corrected chi connectivity index (χ2v) is 12.4. The van der Waals surface area contributed by atoms with Crippen molar-refractivity contribution >= 4 is 41.1 Å². The summed E-state index contributed by atoms with van der Waals surface area (Å²) in [5.41, 5.74) is -7.24. The van der Waals surface area contributed by atoms with Crippen LogP contribution in [-0.4, -0.2) is 64.9 Å². The van der Waals surface area contributed by atoms with Crippen molar-refractivity contribution in [3.05, 3.63) is 28.3 Å². The number of carbonyl (C=O) groups excluding carboxylic acids is 1. The molecule has 1 fully saturated rings. The summed E-state index contributed by atoms with van der Waals surface area (Å²) in [6.45, 7) is 0. The van der Waals surface area contributed by atoms with Gasteiger partial charge in [0.25, 0.3) is 15.5 Å². The highest BCUT2D eigenvalue weighted by Crippen LogP contribution is 2.34. The number of nitro benzene ring substituents is 1. The van der Waals surface area contributed by atoms with Gasteiger partial charge in [-0.25, -0.2) is 25.3 Å². The molecule has 168 valence electrons. The Morgan fingerprint density at radius 1 is 1.23 bits per heavy atom. The first kappa shape index (κ1) is 24.0. The molecule has 0 bridgehead atoms. The van der Waals surface area contributed by atoms with E-state index in [1.807, 2.05) is 0 Å². The maximum absolute atomic E-state index is 12.6. The van der Waals surface area contributed by atoms with E-state index in [0.717, 1.165) is 0 Å². The van der Waals surface area contributed by atoms with Crippen LogP contribution in [0.25, 0.3) is 0 Å². The molecular formula is C13H13F3N2O9S3. The lowest BCUT2D eigenvalue weighted by atomic mass is 10.3. The Bertz CT molecular complexity index is 1210. The molecular weight excluding hydrogens is 481 g/mol. The van der Waals surface area contributed by atoms with E-state index in [1.165, 1.54) is 0 Å². The summed E-state index contributed by atoms with van der Waals surface area (Å²) in [5, 5.41) is 13.3. The zero-order valence-electron chi connectivity index (χ0n) is 14.6. The molecule has 1 saturated heterocycles. The van der Waals surface area contributed by atoms with Crippen molar-refractivity contribution in [2.75, 3.05) is 17.3 Å². The van der Waals surface area contributed by atoms with Crippen LogP contribution in [0.5, 0.6) is 0 Å². The summed E-state index contributed by atoms with van der Waals surface area (Å²) >= 11 is 0. The van der Waals surface area contributed by atoms with Gasteiger partial charge < -0.3 is 5.32 Å². The molecule has 17 heteroatoms. The number of alkyl halides is 3. The maximum Gasteiger partial charge on any atom is 0.501 e. The fraction of sp³-hybridized carbons (Fsp3) is 0.462. The first-order valence-electron chi connectivity index (χ1n) is 7.78. The fourth-order valence-electron chi connectivity index (χ4n) is 2.63. The van der Waals surface area contributed by atoms with Crippen molar-refractivity contribution in [2.24, 2.45) is 0 Å². The number of nitrogens with zero attached hydrogens (tertiary/aromatic N) is 1. The molecule has 1 aromatic rings. The summed E-state index contributed by atoms with van der Waals surface area (Å²) in [5.74, 6) is -3.18. The van der Waals surface area contributed by atoms with Crippen LogP contribution in [0.3, 0.4) is 0 Å². The van der Waals surface area contributed by atoms with Crippen molar-refractivity contribution in [3.63, 3.8) is 0 Å². The average Bonchev–Trinajstić information content (AvgIpc) is 2.90. The zero-order valence-corrected chi connectivity index (χ0v) is 17.1.